The van der Waals surface area contributed by atoms with Gasteiger partial charge in [-0.05, 0) is 72.6 Å². The van der Waals surface area contributed by atoms with Gasteiger partial charge < -0.3 is 9.64 Å². The van der Waals surface area contributed by atoms with Gasteiger partial charge >= 0.3 is 0 Å². The molecule has 194 valence electrons. The minimum atomic E-state index is -0.597. The standard InChI is InChI=1S/C30H29N3O4S/c34-27-7-6-25(28(35)31-27)33-15-20-13-24-26(14-23(20)29(33)36)37-18-30(24)8-10-32(11-9-30)16-22-12-21(17-38-22)19-4-2-1-3-5-19/h1-5,12-14,17,25H,6-11,15-16,18H2,(H,31,34,35). The Hall–Kier alpha value is -3.49. The Balaban J connectivity index is 1.04. The summed E-state index contributed by atoms with van der Waals surface area (Å²) < 4.78 is 6.18. The van der Waals surface area contributed by atoms with Crippen LogP contribution in [0.1, 0.15) is 52.0 Å². The van der Waals surface area contributed by atoms with Crippen molar-refractivity contribution in [3.05, 3.63) is 75.5 Å². The second-order valence-electron chi connectivity index (χ2n) is 10.9. The van der Waals surface area contributed by atoms with Crippen molar-refractivity contribution < 1.29 is 19.1 Å². The quantitative estimate of drug-likeness (QED) is 0.517. The fraction of sp³-hybridized carbons (Fsp3) is 0.367. The number of amides is 3. The van der Waals surface area contributed by atoms with Crippen molar-refractivity contribution in [1.82, 2.24) is 15.1 Å². The summed E-state index contributed by atoms with van der Waals surface area (Å²) in [6.45, 7) is 4.01. The Labute approximate surface area is 225 Å². The van der Waals surface area contributed by atoms with Crippen LogP contribution < -0.4 is 10.1 Å². The van der Waals surface area contributed by atoms with Gasteiger partial charge in [-0.1, -0.05) is 30.3 Å². The highest BCUT2D eigenvalue weighted by molar-refractivity contribution is 7.10. The molecule has 0 aliphatic carbocycles. The van der Waals surface area contributed by atoms with E-state index in [2.05, 4.69) is 52.0 Å². The lowest BCUT2D eigenvalue weighted by Gasteiger charge is -2.38. The molecule has 1 N–H and O–H groups in total. The largest absolute Gasteiger partial charge is 0.492 e. The number of piperidine rings is 2. The van der Waals surface area contributed by atoms with E-state index < -0.39 is 6.04 Å². The first-order valence-corrected chi connectivity index (χ1v) is 14.2. The number of hydrogen-bond donors (Lipinski definition) is 1. The van der Waals surface area contributed by atoms with Gasteiger partial charge in [-0.3, -0.25) is 24.6 Å². The molecular formula is C30H29N3O4S. The highest BCUT2D eigenvalue weighted by Crippen LogP contribution is 2.48. The van der Waals surface area contributed by atoms with Crippen LogP contribution in [-0.4, -0.2) is 53.3 Å². The zero-order valence-corrected chi connectivity index (χ0v) is 21.9. The predicted octanol–water partition coefficient (Wildman–Crippen LogP) is 4.10. The summed E-state index contributed by atoms with van der Waals surface area (Å²) in [7, 11) is 0. The van der Waals surface area contributed by atoms with Crippen LogP contribution in [0.25, 0.3) is 11.1 Å². The van der Waals surface area contributed by atoms with Crippen LogP contribution in [0.5, 0.6) is 5.75 Å². The number of nitrogens with one attached hydrogen (secondary N) is 1. The number of hydrogen-bond acceptors (Lipinski definition) is 6. The van der Waals surface area contributed by atoms with Crippen molar-refractivity contribution in [2.24, 2.45) is 0 Å². The molecule has 38 heavy (non-hydrogen) atoms. The summed E-state index contributed by atoms with van der Waals surface area (Å²) in [5.74, 6) is 0.00683. The molecule has 0 saturated carbocycles. The molecule has 7 nitrogen and oxygen atoms in total. The Bertz CT molecular complexity index is 1440. The second kappa shape index (κ2) is 9.06. The fourth-order valence-corrected chi connectivity index (χ4v) is 7.38. The number of benzene rings is 2. The number of nitrogens with zero attached hydrogens (tertiary/aromatic N) is 2. The summed E-state index contributed by atoms with van der Waals surface area (Å²) in [5, 5.41) is 4.62. The average molecular weight is 528 g/mol. The zero-order chi connectivity index (χ0) is 25.9. The number of fused-ring (bicyclic) bond motifs is 3. The summed E-state index contributed by atoms with van der Waals surface area (Å²) in [5.41, 5.74) is 5.29. The highest BCUT2D eigenvalue weighted by atomic mass is 32.1. The number of imide groups is 1. The van der Waals surface area contributed by atoms with Crippen molar-refractivity contribution in [3.8, 4) is 16.9 Å². The van der Waals surface area contributed by atoms with Gasteiger partial charge in [0.2, 0.25) is 11.8 Å². The van der Waals surface area contributed by atoms with Crippen LogP contribution in [-0.2, 0) is 28.1 Å². The van der Waals surface area contributed by atoms with E-state index in [0.29, 0.717) is 25.1 Å². The van der Waals surface area contributed by atoms with Crippen LogP contribution in [0, 0.1) is 0 Å². The lowest BCUT2D eigenvalue weighted by Crippen LogP contribution is -2.52. The van der Waals surface area contributed by atoms with Crippen molar-refractivity contribution in [1.29, 1.82) is 0 Å². The number of thiophene rings is 1. The number of likely N-dealkylation sites (tertiary alicyclic amines) is 1. The minimum Gasteiger partial charge on any atom is -0.492 e. The molecule has 2 saturated heterocycles. The van der Waals surface area contributed by atoms with Gasteiger partial charge in [0.15, 0.2) is 0 Å². The van der Waals surface area contributed by atoms with Crippen molar-refractivity contribution in [2.75, 3.05) is 19.7 Å². The first-order chi connectivity index (χ1) is 18.5. The third-order valence-electron chi connectivity index (χ3n) is 8.65. The van der Waals surface area contributed by atoms with Gasteiger partial charge in [-0.15, -0.1) is 11.3 Å². The SMILES string of the molecule is O=C1CCC(N2Cc3cc4c(cc3C2=O)OCC42CCN(Cc3cc(-c4ccccc4)cs3)CC2)C(=O)N1. The summed E-state index contributed by atoms with van der Waals surface area (Å²) in [6, 6.07) is 16.3. The maximum atomic E-state index is 13.2. The number of rotatable bonds is 4. The number of carbonyl (C=O) groups is 3. The molecule has 0 radical (unpaired) electrons. The normalized spacial score (nSPS) is 22.4. The van der Waals surface area contributed by atoms with Crippen LogP contribution in [0.4, 0.5) is 0 Å². The molecule has 7 rings (SSSR count). The summed E-state index contributed by atoms with van der Waals surface area (Å²) >= 11 is 1.83. The van der Waals surface area contributed by atoms with Crippen LogP contribution in [0.3, 0.4) is 0 Å². The Kier molecular flexibility index (Phi) is 5.63. The molecule has 2 fully saturated rings. The van der Waals surface area contributed by atoms with E-state index in [0.717, 1.165) is 43.8 Å². The smallest absolute Gasteiger partial charge is 0.255 e. The van der Waals surface area contributed by atoms with Crippen molar-refractivity contribution >= 4 is 29.1 Å². The van der Waals surface area contributed by atoms with Gasteiger partial charge in [0.25, 0.3) is 5.91 Å². The third-order valence-corrected chi connectivity index (χ3v) is 9.57. The Morgan fingerprint density at radius 3 is 2.63 bits per heavy atom. The summed E-state index contributed by atoms with van der Waals surface area (Å²) in [6.07, 6.45) is 2.66. The van der Waals surface area contributed by atoms with E-state index in [-0.39, 0.29) is 29.6 Å². The number of carbonyl (C=O) groups excluding carboxylic acids is 3. The van der Waals surface area contributed by atoms with Crippen LogP contribution >= 0.6 is 11.3 Å². The lowest BCUT2D eigenvalue weighted by atomic mass is 9.74. The van der Waals surface area contributed by atoms with E-state index in [9.17, 15) is 14.4 Å². The Morgan fingerprint density at radius 2 is 1.84 bits per heavy atom. The minimum absolute atomic E-state index is 0.0311. The third kappa shape index (κ3) is 3.94. The molecule has 0 bridgehead atoms. The molecule has 1 spiro atoms. The van der Waals surface area contributed by atoms with Gasteiger partial charge in [0.1, 0.15) is 11.8 Å². The molecule has 1 unspecified atom stereocenters. The fourth-order valence-electron chi connectivity index (χ4n) is 6.44. The molecule has 3 amide bonds. The zero-order valence-electron chi connectivity index (χ0n) is 21.1. The topological polar surface area (TPSA) is 79.0 Å². The van der Waals surface area contributed by atoms with Crippen molar-refractivity contribution in [3.63, 3.8) is 0 Å². The monoisotopic (exact) mass is 527 g/mol. The molecule has 8 heteroatoms. The predicted molar refractivity (Wildman–Crippen MR) is 144 cm³/mol. The first-order valence-electron chi connectivity index (χ1n) is 13.3. The molecule has 4 aliphatic rings. The van der Waals surface area contributed by atoms with Gasteiger partial charge in [-0.2, -0.15) is 0 Å². The maximum Gasteiger partial charge on any atom is 0.255 e. The molecule has 1 atom stereocenters. The molecular weight excluding hydrogens is 498 g/mol. The first kappa shape index (κ1) is 23.6. The van der Waals surface area contributed by atoms with E-state index >= 15 is 0 Å². The molecule has 4 aliphatic heterocycles. The van der Waals surface area contributed by atoms with Gasteiger partial charge in [-0.25, -0.2) is 0 Å². The molecule has 1 aromatic heterocycles. The lowest BCUT2D eigenvalue weighted by molar-refractivity contribution is -0.136. The van der Waals surface area contributed by atoms with Gasteiger partial charge in [0, 0.05) is 40.9 Å². The highest BCUT2D eigenvalue weighted by Gasteiger charge is 2.46. The van der Waals surface area contributed by atoms with Crippen LogP contribution in [0.2, 0.25) is 0 Å². The maximum absolute atomic E-state index is 13.2. The van der Waals surface area contributed by atoms with E-state index in [1.807, 2.05) is 23.5 Å². The number of ether oxygens (including phenoxy) is 1. The van der Waals surface area contributed by atoms with E-state index in [1.54, 1.807) is 4.90 Å². The van der Waals surface area contributed by atoms with Crippen molar-refractivity contribution in [2.45, 2.75) is 50.2 Å². The second-order valence-corrected chi connectivity index (χ2v) is 11.9. The molecule has 3 aromatic rings. The Morgan fingerprint density at radius 1 is 1.03 bits per heavy atom. The van der Waals surface area contributed by atoms with Gasteiger partial charge in [0.05, 0.1) is 6.61 Å². The average Bonchev–Trinajstić information content (AvgIpc) is 3.62. The van der Waals surface area contributed by atoms with E-state index in [4.69, 9.17) is 4.74 Å². The van der Waals surface area contributed by atoms with E-state index in [1.165, 1.54) is 21.6 Å². The molecule has 5 heterocycles. The van der Waals surface area contributed by atoms with Crippen LogP contribution in [0.15, 0.2) is 53.9 Å². The molecule has 2 aromatic carbocycles. The summed E-state index contributed by atoms with van der Waals surface area (Å²) in [4.78, 5) is 42.7.